The standard InChI is InChI=1S/C13H23NO3/c1-12(2,3)9-10(15)14-7-5-13(4,6-8-14)11(16)17/h5-9H2,1-4H3,(H,16,17). The van der Waals surface area contributed by atoms with Crippen LogP contribution < -0.4 is 0 Å². The second-order valence-electron chi connectivity index (χ2n) is 6.48. The molecule has 4 heteroatoms. The summed E-state index contributed by atoms with van der Waals surface area (Å²) in [4.78, 5) is 24.9. The highest BCUT2D eigenvalue weighted by molar-refractivity contribution is 5.78. The first-order valence-electron chi connectivity index (χ1n) is 6.15. The summed E-state index contributed by atoms with van der Waals surface area (Å²) in [6.07, 6.45) is 1.63. The molecule has 0 aliphatic carbocycles. The smallest absolute Gasteiger partial charge is 0.309 e. The number of rotatable bonds is 2. The van der Waals surface area contributed by atoms with E-state index in [1.807, 2.05) is 20.8 Å². The first-order valence-corrected chi connectivity index (χ1v) is 6.15. The fraction of sp³-hybridized carbons (Fsp3) is 0.846. The molecule has 1 fully saturated rings. The molecule has 1 heterocycles. The lowest BCUT2D eigenvalue weighted by Gasteiger charge is -2.37. The van der Waals surface area contributed by atoms with Crippen LogP contribution in [-0.2, 0) is 9.59 Å². The highest BCUT2D eigenvalue weighted by Crippen LogP contribution is 2.32. The number of likely N-dealkylation sites (tertiary alicyclic amines) is 1. The van der Waals surface area contributed by atoms with Crippen molar-refractivity contribution < 1.29 is 14.7 Å². The first kappa shape index (κ1) is 14.0. The molecule has 4 nitrogen and oxygen atoms in total. The Hall–Kier alpha value is -1.06. The van der Waals surface area contributed by atoms with Gasteiger partial charge in [-0.1, -0.05) is 20.8 Å². The number of carboxylic acids is 1. The van der Waals surface area contributed by atoms with E-state index in [1.165, 1.54) is 0 Å². The van der Waals surface area contributed by atoms with Crippen molar-refractivity contribution >= 4 is 11.9 Å². The van der Waals surface area contributed by atoms with Gasteiger partial charge < -0.3 is 10.0 Å². The molecule has 0 saturated carbocycles. The van der Waals surface area contributed by atoms with E-state index in [0.717, 1.165) is 0 Å². The molecule has 0 radical (unpaired) electrons. The van der Waals surface area contributed by atoms with Crippen LogP contribution in [0.15, 0.2) is 0 Å². The van der Waals surface area contributed by atoms with E-state index in [-0.39, 0.29) is 11.3 Å². The maximum Gasteiger partial charge on any atom is 0.309 e. The minimum absolute atomic E-state index is 0.00929. The van der Waals surface area contributed by atoms with E-state index in [9.17, 15) is 9.59 Å². The highest BCUT2D eigenvalue weighted by Gasteiger charge is 2.38. The van der Waals surface area contributed by atoms with Crippen LogP contribution in [0.1, 0.15) is 47.0 Å². The van der Waals surface area contributed by atoms with Crippen molar-refractivity contribution in [2.24, 2.45) is 10.8 Å². The van der Waals surface area contributed by atoms with Crippen LogP contribution in [0.4, 0.5) is 0 Å². The third kappa shape index (κ3) is 3.72. The molecule has 0 aromatic heterocycles. The first-order chi connectivity index (χ1) is 7.64. The number of carboxylic acid groups (broad SMARTS) is 1. The van der Waals surface area contributed by atoms with Crippen LogP contribution in [0, 0.1) is 10.8 Å². The third-order valence-corrected chi connectivity index (χ3v) is 3.42. The van der Waals surface area contributed by atoms with Gasteiger partial charge in [0.1, 0.15) is 0 Å². The Morgan fingerprint density at radius 3 is 2.06 bits per heavy atom. The maximum absolute atomic E-state index is 12.0. The largest absolute Gasteiger partial charge is 0.481 e. The summed E-state index contributed by atoms with van der Waals surface area (Å²) < 4.78 is 0. The molecular formula is C13H23NO3. The van der Waals surface area contributed by atoms with Crippen molar-refractivity contribution in [1.82, 2.24) is 4.90 Å². The van der Waals surface area contributed by atoms with Gasteiger partial charge in [-0.25, -0.2) is 0 Å². The number of piperidine rings is 1. The molecule has 0 aromatic carbocycles. The van der Waals surface area contributed by atoms with E-state index < -0.39 is 11.4 Å². The number of amides is 1. The molecule has 1 N–H and O–H groups in total. The third-order valence-electron chi connectivity index (χ3n) is 3.42. The topological polar surface area (TPSA) is 57.6 Å². The van der Waals surface area contributed by atoms with Gasteiger partial charge in [-0.05, 0) is 25.2 Å². The van der Waals surface area contributed by atoms with Crippen LogP contribution in [0.3, 0.4) is 0 Å². The second kappa shape index (κ2) is 4.67. The van der Waals surface area contributed by atoms with Gasteiger partial charge >= 0.3 is 5.97 Å². The lowest BCUT2D eigenvalue weighted by Crippen LogP contribution is -2.45. The molecule has 0 aromatic rings. The van der Waals surface area contributed by atoms with Gasteiger partial charge in [0.15, 0.2) is 0 Å². The maximum atomic E-state index is 12.0. The Morgan fingerprint density at radius 1 is 1.24 bits per heavy atom. The van der Waals surface area contributed by atoms with Crippen molar-refractivity contribution in [2.45, 2.75) is 47.0 Å². The lowest BCUT2D eigenvalue weighted by molar-refractivity contribution is -0.153. The minimum Gasteiger partial charge on any atom is -0.481 e. The minimum atomic E-state index is -0.750. The van der Waals surface area contributed by atoms with Crippen molar-refractivity contribution in [3.63, 3.8) is 0 Å². The summed E-state index contributed by atoms with van der Waals surface area (Å²) >= 11 is 0. The summed E-state index contributed by atoms with van der Waals surface area (Å²) in [6.45, 7) is 9.01. The van der Waals surface area contributed by atoms with Gasteiger partial charge in [0, 0.05) is 19.5 Å². The second-order valence-corrected chi connectivity index (χ2v) is 6.48. The van der Waals surface area contributed by atoms with Gasteiger partial charge in [-0.2, -0.15) is 0 Å². The molecule has 0 bridgehead atoms. The van der Waals surface area contributed by atoms with Crippen LogP contribution in [0.2, 0.25) is 0 Å². The number of hydrogen-bond donors (Lipinski definition) is 1. The zero-order chi connectivity index (χ0) is 13.3. The summed E-state index contributed by atoms with van der Waals surface area (Å²) in [7, 11) is 0. The van der Waals surface area contributed by atoms with E-state index in [4.69, 9.17) is 5.11 Å². The summed E-state index contributed by atoms with van der Waals surface area (Å²) in [6, 6.07) is 0. The van der Waals surface area contributed by atoms with Crippen molar-refractivity contribution in [3.8, 4) is 0 Å². The van der Waals surface area contributed by atoms with Crippen LogP contribution in [0.25, 0.3) is 0 Å². The molecule has 0 spiro atoms. The van der Waals surface area contributed by atoms with E-state index in [1.54, 1.807) is 11.8 Å². The Bertz CT molecular complexity index is 309. The molecule has 1 aliphatic rings. The molecule has 1 amide bonds. The molecular weight excluding hydrogens is 218 g/mol. The van der Waals surface area contributed by atoms with Gasteiger partial charge in [-0.3, -0.25) is 9.59 Å². The zero-order valence-corrected chi connectivity index (χ0v) is 11.2. The van der Waals surface area contributed by atoms with Crippen LogP contribution in [0.5, 0.6) is 0 Å². The molecule has 17 heavy (non-hydrogen) atoms. The number of carbonyl (C=O) groups is 2. The quantitative estimate of drug-likeness (QED) is 0.805. The van der Waals surface area contributed by atoms with Crippen molar-refractivity contribution in [3.05, 3.63) is 0 Å². The molecule has 0 unspecified atom stereocenters. The summed E-state index contributed by atoms with van der Waals surface area (Å²) in [5.74, 6) is -0.606. The molecule has 98 valence electrons. The predicted octanol–water partition coefficient (Wildman–Crippen LogP) is 2.14. The number of aliphatic carboxylic acids is 1. The number of hydrogen-bond acceptors (Lipinski definition) is 2. The van der Waals surface area contributed by atoms with E-state index in [0.29, 0.717) is 32.4 Å². The Balaban J connectivity index is 2.53. The molecule has 1 saturated heterocycles. The van der Waals surface area contributed by atoms with Gasteiger partial charge in [0.05, 0.1) is 5.41 Å². The van der Waals surface area contributed by atoms with Gasteiger partial charge in [0.25, 0.3) is 0 Å². The van der Waals surface area contributed by atoms with Crippen LogP contribution in [-0.4, -0.2) is 35.0 Å². The molecule has 1 aliphatic heterocycles. The Kier molecular flexibility index (Phi) is 3.84. The lowest BCUT2D eigenvalue weighted by atomic mass is 9.80. The Morgan fingerprint density at radius 2 is 1.71 bits per heavy atom. The average Bonchev–Trinajstić information content (AvgIpc) is 2.15. The normalized spacial score (nSPS) is 20.1. The highest BCUT2D eigenvalue weighted by atomic mass is 16.4. The van der Waals surface area contributed by atoms with Gasteiger partial charge in [-0.15, -0.1) is 0 Å². The predicted molar refractivity (Wildman–Crippen MR) is 65.6 cm³/mol. The average molecular weight is 241 g/mol. The van der Waals surface area contributed by atoms with Crippen LogP contribution >= 0.6 is 0 Å². The number of nitrogens with zero attached hydrogens (tertiary/aromatic N) is 1. The fourth-order valence-electron chi connectivity index (χ4n) is 2.03. The SMILES string of the molecule is CC(C)(C)CC(=O)N1CCC(C)(C(=O)O)CC1. The van der Waals surface area contributed by atoms with Crippen molar-refractivity contribution in [2.75, 3.05) is 13.1 Å². The zero-order valence-electron chi connectivity index (χ0n) is 11.2. The summed E-state index contributed by atoms with van der Waals surface area (Å²) in [5.41, 5.74) is -0.664. The fourth-order valence-corrected chi connectivity index (χ4v) is 2.03. The summed E-state index contributed by atoms with van der Waals surface area (Å²) in [5, 5.41) is 9.11. The van der Waals surface area contributed by atoms with E-state index >= 15 is 0 Å². The van der Waals surface area contributed by atoms with Crippen molar-refractivity contribution in [1.29, 1.82) is 0 Å². The monoisotopic (exact) mass is 241 g/mol. The van der Waals surface area contributed by atoms with E-state index in [2.05, 4.69) is 0 Å². The number of carbonyl (C=O) groups excluding carboxylic acids is 1. The molecule has 1 rings (SSSR count). The Labute approximate surface area is 103 Å². The van der Waals surface area contributed by atoms with Gasteiger partial charge in [0.2, 0.25) is 5.91 Å². The molecule has 0 atom stereocenters.